The molecule has 0 aliphatic carbocycles. The summed E-state index contributed by atoms with van der Waals surface area (Å²) < 4.78 is 0. The Morgan fingerprint density at radius 2 is 1.83 bits per heavy atom. The average Bonchev–Trinajstić information content (AvgIpc) is 2.87. The molecule has 1 aromatic rings. The molecule has 1 aliphatic rings. The first kappa shape index (κ1) is 12.9. The molecule has 0 amide bonds. The van der Waals surface area contributed by atoms with Crippen molar-refractivity contribution >= 4 is 11.6 Å². The Bertz CT molecular complexity index is 442. The zero-order chi connectivity index (χ0) is 13.1. The van der Waals surface area contributed by atoms with Gasteiger partial charge < -0.3 is 5.32 Å². The number of nitrogens with zero attached hydrogens (tertiary/aromatic N) is 1. The quantitative estimate of drug-likeness (QED) is 0.814. The van der Waals surface area contributed by atoms with E-state index in [2.05, 4.69) is 10.3 Å². The van der Waals surface area contributed by atoms with Gasteiger partial charge in [0.1, 0.15) is 5.78 Å². The minimum Gasteiger partial charge on any atom is -0.315 e. The minimum absolute atomic E-state index is 0.0253. The summed E-state index contributed by atoms with van der Waals surface area (Å²) in [7, 11) is 0. The Balaban J connectivity index is 2.17. The third kappa shape index (κ3) is 2.48. The van der Waals surface area contributed by atoms with Crippen molar-refractivity contribution in [3.8, 4) is 0 Å². The van der Waals surface area contributed by atoms with E-state index in [1.807, 2.05) is 13.8 Å². The van der Waals surface area contributed by atoms with E-state index in [0.717, 1.165) is 0 Å². The molecule has 18 heavy (non-hydrogen) atoms. The summed E-state index contributed by atoms with van der Waals surface area (Å²) >= 11 is 0. The largest absolute Gasteiger partial charge is 0.315 e. The standard InChI is InChI=1S/C14H18N2O2/c1-9(2)13(17)11-7-16-8-12(11)14(18)10-3-5-15-6-4-10/h3-6,9,11-12,16H,7-8H2,1-2H3. The van der Waals surface area contributed by atoms with E-state index in [1.54, 1.807) is 24.5 Å². The number of hydrogen-bond acceptors (Lipinski definition) is 4. The highest BCUT2D eigenvalue weighted by Crippen LogP contribution is 2.24. The highest BCUT2D eigenvalue weighted by atomic mass is 16.1. The van der Waals surface area contributed by atoms with Crippen molar-refractivity contribution in [2.45, 2.75) is 13.8 Å². The van der Waals surface area contributed by atoms with Crippen molar-refractivity contribution in [3.05, 3.63) is 30.1 Å². The number of carbonyl (C=O) groups excluding carboxylic acids is 2. The Labute approximate surface area is 107 Å². The molecule has 1 aliphatic heterocycles. The zero-order valence-electron chi connectivity index (χ0n) is 10.7. The maximum Gasteiger partial charge on any atom is 0.168 e. The SMILES string of the molecule is CC(C)C(=O)C1CNCC1C(=O)c1ccncc1. The lowest BCUT2D eigenvalue weighted by molar-refractivity contribution is -0.126. The monoisotopic (exact) mass is 246 g/mol. The molecule has 96 valence electrons. The van der Waals surface area contributed by atoms with Crippen LogP contribution >= 0.6 is 0 Å². The van der Waals surface area contributed by atoms with Crippen LogP contribution in [0.4, 0.5) is 0 Å². The molecule has 0 aromatic carbocycles. The van der Waals surface area contributed by atoms with E-state index in [-0.39, 0.29) is 29.3 Å². The maximum atomic E-state index is 12.4. The number of nitrogens with one attached hydrogen (secondary N) is 1. The number of aromatic nitrogens is 1. The van der Waals surface area contributed by atoms with Gasteiger partial charge in [-0.05, 0) is 12.1 Å². The van der Waals surface area contributed by atoms with E-state index in [1.165, 1.54) is 0 Å². The van der Waals surface area contributed by atoms with Gasteiger partial charge in [0.15, 0.2) is 5.78 Å². The number of carbonyl (C=O) groups is 2. The molecule has 1 saturated heterocycles. The zero-order valence-corrected chi connectivity index (χ0v) is 10.7. The first-order chi connectivity index (χ1) is 8.61. The Kier molecular flexibility index (Phi) is 3.87. The van der Waals surface area contributed by atoms with Crippen LogP contribution in [-0.4, -0.2) is 29.6 Å². The van der Waals surface area contributed by atoms with Crippen molar-refractivity contribution in [1.82, 2.24) is 10.3 Å². The first-order valence-electron chi connectivity index (χ1n) is 6.30. The molecule has 2 atom stereocenters. The lowest BCUT2D eigenvalue weighted by atomic mass is 9.82. The number of rotatable bonds is 4. The van der Waals surface area contributed by atoms with E-state index < -0.39 is 0 Å². The van der Waals surface area contributed by atoms with E-state index in [9.17, 15) is 9.59 Å². The smallest absolute Gasteiger partial charge is 0.168 e. The van der Waals surface area contributed by atoms with Gasteiger partial charge in [0.25, 0.3) is 0 Å². The third-order valence-electron chi connectivity index (χ3n) is 3.45. The van der Waals surface area contributed by atoms with Crippen LogP contribution in [-0.2, 0) is 4.79 Å². The van der Waals surface area contributed by atoms with Crippen LogP contribution in [0, 0.1) is 17.8 Å². The second kappa shape index (κ2) is 5.40. The fraction of sp³-hybridized carbons (Fsp3) is 0.500. The normalized spacial score (nSPS) is 23.3. The highest BCUT2D eigenvalue weighted by molar-refractivity contribution is 6.01. The van der Waals surface area contributed by atoms with Crippen molar-refractivity contribution in [1.29, 1.82) is 0 Å². The van der Waals surface area contributed by atoms with Crippen LogP contribution in [0.5, 0.6) is 0 Å². The van der Waals surface area contributed by atoms with Gasteiger partial charge in [0.05, 0.1) is 0 Å². The lowest BCUT2D eigenvalue weighted by Crippen LogP contribution is -2.31. The van der Waals surface area contributed by atoms with Gasteiger partial charge in [0.2, 0.25) is 0 Å². The number of ketones is 2. The maximum absolute atomic E-state index is 12.4. The molecule has 0 radical (unpaired) electrons. The van der Waals surface area contributed by atoms with Gasteiger partial charge in [-0.25, -0.2) is 0 Å². The van der Waals surface area contributed by atoms with Crippen molar-refractivity contribution < 1.29 is 9.59 Å². The number of Topliss-reactive ketones (excluding diaryl/α,β-unsaturated/α-hetero) is 2. The van der Waals surface area contributed by atoms with Crippen LogP contribution in [0.15, 0.2) is 24.5 Å². The molecule has 1 aromatic heterocycles. The highest BCUT2D eigenvalue weighted by Gasteiger charge is 2.38. The van der Waals surface area contributed by atoms with Crippen LogP contribution in [0.25, 0.3) is 0 Å². The first-order valence-corrected chi connectivity index (χ1v) is 6.30. The third-order valence-corrected chi connectivity index (χ3v) is 3.45. The summed E-state index contributed by atoms with van der Waals surface area (Å²) in [6.45, 7) is 4.96. The summed E-state index contributed by atoms with van der Waals surface area (Å²) in [5, 5.41) is 3.15. The molecular weight excluding hydrogens is 228 g/mol. The van der Waals surface area contributed by atoms with Gasteiger partial charge in [-0.15, -0.1) is 0 Å². The Hall–Kier alpha value is -1.55. The topological polar surface area (TPSA) is 59.1 Å². The van der Waals surface area contributed by atoms with Crippen molar-refractivity contribution in [3.63, 3.8) is 0 Å². The van der Waals surface area contributed by atoms with E-state index >= 15 is 0 Å². The molecule has 2 heterocycles. The molecule has 1 N–H and O–H groups in total. The van der Waals surface area contributed by atoms with Gasteiger partial charge in [0, 0.05) is 48.8 Å². The van der Waals surface area contributed by atoms with E-state index in [0.29, 0.717) is 18.7 Å². The predicted molar refractivity (Wildman–Crippen MR) is 68.3 cm³/mol. The minimum atomic E-state index is -0.234. The summed E-state index contributed by atoms with van der Waals surface area (Å²) in [5.41, 5.74) is 0.639. The molecule has 0 bridgehead atoms. The fourth-order valence-electron chi connectivity index (χ4n) is 2.41. The average molecular weight is 246 g/mol. The molecule has 0 saturated carbocycles. The van der Waals surface area contributed by atoms with Gasteiger partial charge in [-0.3, -0.25) is 14.6 Å². The predicted octanol–water partition coefficient (Wildman–Crippen LogP) is 1.32. The fourth-order valence-corrected chi connectivity index (χ4v) is 2.41. The van der Waals surface area contributed by atoms with Gasteiger partial charge >= 0.3 is 0 Å². The summed E-state index contributed by atoms with van der Waals surface area (Å²) in [6, 6.07) is 3.41. The van der Waals surface area contributed by atoms with Gasteiger partial charge in [-0.1, -0.05) is 13.8 Å². The number of hydrogen-bond donors (Lipinski definition) is 1. The van der Waals surface area contributed by atoms with Crippen molar-refractivity contribution in [2.24, 2.45) is 17.8 Å². The number of pyridine rings is 1. The molecule has 4 nitrogen and oxygen atoms in total. The van der Waals surface area contributed by atoms with Crippen LogP contribution < -0.4 is 5.32 Å². The Morgan fingerprint density at radius 3 is 2.44 bits per heavy atom. The second-order valence-electron chi connectivity index (χ2n) is 5.03. The molecule has 4 heteroatoms. The van der Waals surface area contributed by atoms with Crippen molar-refractivity contribution in [2.75, 3.05) is 13.1 Å². The lowest BCUT2D eigenvalue weighted by Gasteiger charge is -2.18. The second-order valence-corrected chi connectivity index (χ2v) is 5.03. The molecule has 1 fully saturated rings. The van der Waals surface area contributed by atoms with Crippen LogP contribution in [0.1, 0.15) is 24.2 Å². The summed E-state index contributed by atoms with van der Waals surface area (Å²) in [4.78, 5) is 28.4. The molecule has 0 spiro atoms. The Morgan fingerprint density at radius 1 is 1.22 bits per heavy atom. The summed E-state index contributed by atoms with van der Waals surface area (Å²) in [5.74, 6) is -0.232. The summed E-state index contributed by atoms with van der Waals surface area (Å²) in [6.07, 6.45) is 3.21. The molecular formula is C14H18N2O2. The molecule has 2 rings (SSSR count). The van der Waals surface area contributed by atoms with Crippen LogP contribution in [0.3, 0.4) is 0 Å². The van der Waals surface area contributed by atoms with Gasteiger partial charge in [-0.2, -0.15) is 0 Å². The van der Waals surface area contributed by atoms with E-state index in [4.69, 9.17) is 0 Å². The molecule has 2 unspecified atom stereocenters. The van der Waals surface area contributed by atoms with Crippen LogP contribution in [0.2, 0.25) is 0 Å².